The van der Waals surface area contributed by atoms with E-state index in [4.69, 9.17) is 18.9 Å². The summed E-state index contributed by atoms with van der Waals surface area (Å²) in [5.41, 5.74) is -1.04. The van der Waals surface area contributed by atoms with Gasteiger partial charge in [-0.1, -0.05) is 6.92 Å². The smallest absolute Gasteiger partial charge is 0.303 e. The minimum Gasteiger partial charge on any atom is -0.462 e. The molecule has 2 heterocycles. The van der Waals surface area contributed by atoms with E-state index >= 15 is 0 Å². The lowest BCUT2D eigenvalue weighted by atomic mass is 9.66. The third-order valence-corrected chi connectivity index (χ3v) is 8.51. The Balaban J connectivity index is 1.72. The van der Waals surface area contributed by atoms with E-state index < -0.39 is 5.60 Å². The number of carbonyl (C=O) groups is 2. The summed E-state index contributed by atoms with van der Waals surface area (Å²) < 4.78 is 24.1. The minimum atomic E-state index is -0.634. The van der Waals surface area contributed by atoms with Gasteiger partial charge in [0, 0.05) is 32.1 Å². The summed E-state index contributed by atoms with van der Waals surface area (Å²) in [6.07, 6.45) is 5.68. The van der Waals surface area contributed by atoms with Gasteiger partial charge in [-0.2, -0.15) is 0 Å². The van der Waals surface area contributed by atoms with Crippen LogP contribution in [0.4, 0.5) is 0 Å². The van der Waals surface area contributed by atoms with Crippen LogP contribution in [-0.2, 0) is 28.5 Å². The van der Waals surface area contributed by atoms with Crippen molar-refractivity contribution < 1.29 is 28.5 Å². The molecule has 0 spiro atoms. The van der Waals surface area contributed by atoms with E-state index in [-0.39, 0.29) is 58.7 Å². The van der Waals surface area contributed by atoms with Gasteiger partial charge in [0.05, 0.1) is 23.4 Å². The highest BCUT2D eigenvalue weighted by Gasteiger charge is 2.65. The third kappa shape index (κ3) is 3.90. The molecular weight excluding hydrogens is 384 g/mol. The molecule has 0 bridgehead atoms. The Bertz CT molecular complexity index is 733. The standard InChI is InChI=1S/C24H38O6/c1-14(25)27-17-12-24(7)18(29-24)9-11-23(6)19(30-23)13-22(5)10-8-16(20(17)22)21(3,4)28-15(2)26/h16-20H,8-13H2,1-7H3. The van der Waals surface area contributed by atoms with Gasteiger partial charge >= 0.3 is 11.9 Å². The molecule has 2 aliphatic heterocycles. The highest BCUT2D eigenvalue weighted by atomic mass is 16.6. The molecule has 4 fully saturated rings. The maximum absolute atomic E-state index is 12.1. The zero-order valence-electron chi connectivity index (χ0n) is 19.6. The van der Waals surface area contributed by atoms with Crippen LogP contribution in [0, 0.1) is 17.3 Å². The van der Waals surface area contributed by atoms with Crippen LogP contribution in [0.3, 0.4) is 0 Å². The second-order valence-electron chi connectivity index (χ2n) is 11.5. The molecule has 0 radical (unpaired) electrons. The zero-order chi connectivity index (χ0) is 22.1. The molecule has 0 N–H and O–H groups in total. The summed E-state index contributed by atoms with van der Waals surface area (Å²) in [6.45, 7) is 13.6. The lowest BCUT2D eigenvalue weighted by Gasteiger charge is -2.44. The van der Waals surface area contributed by atoms with Gasteiger partial charge in [-0.15, -0.1) is 0 Å². The lowest BCUT2D eigenvalue weighted by molar-refractivity contribution is -0.171. The van der Waals surface area contributed by atoms with Crippen molar-refractivity contribution in [1.82, 2.24) is 0 Å². The molecule has 0 aromatic heterocycles. The van der Waals surface area contributed by atoms with Crippen LogP contribution < -0.4 is 0 Å². The Morgan fingerprint density at radius 1 is 0.900 bits per heavy atom. The molecule has 170 valence electrons. The molecule has 8 atom stereocenters. The molecule has 8 unspecified atom stereocenters. The number of rotatable bonds is 3. The van der Waals surface area contributed by atoms with Gasteiger partial charge in [-0.25, -0.2) is 0 Å². The fraction of sp³-hybridized carbons (Fsp3) is 0.917. The van der Waals surface area contributed by atoms with Crippen LogP contribution in [0.15, 0.2) is 0 Å². The number of hydrogen-bond acceptors (Lipinski definition) is 6. The molecular formula is C24H38O6. The van der Waals surface area contributed by atoms with Gasteiger partial charge in [-0.3, -0.25) is 9.59 Å². The van der Waals surface area contributed by atoms with E-state index in [1.165, 1.54) is 13.8 Å². The van der Waals surface area contributed by atoms with Crippen molar-refractivity contribution in [3.05, 3.63) is 0 Å². The fourth-order valence-electron chi connectivity index (χ4n) is 6.79. The van der Waals surface area contributed by atoms with Crippen molar-refractivity contribution in [2.45, 2.75) is 122 Å². The summed E-state index contributed by atoms with van der Waals surface area (Å²) >= 11 is 0. The lowest BCUT2D eigenvalue weighted by Crippen LogP contribution is -2.48. The number of esters is 2. The van der Waals surface area contributed by atoms with E-state index in [0.29, 0.717) is 6.42 Å². The van der Waals surface area contributed by atoms with E-state index in [1.807, 2.05) is 13.8 Å². The van der Waals surface area contributed by atoms with E-state index in [9.17, 15) is 9.59 Å². The van der Waals surface area contributed by atoms with Crippen molar-refractivity contribution in [3.63, 3.8) is 0 Å². The zero-order valence-corrected chi connectivity index (χ0v) is 19.6. The maximum atomic E-state index is 12.1. The number of ether oxygens (including phenoxy) is 4. The summed E-state index contributed by atoms with van der Waals surface area (Å²) in [6, 6.07) is 0. The normalized spacial score (nSPS) is 47.8. The van der Waals surface area contributed by atoms with Crippen LogP contribution in [0.1, 0.15) is 87.0 Å². The molecule has 6 heteroatoms. The molecule has 4 rings (SSSR count). The van der Waals surface area contributed by atoms with Crippen molar-refractivity contribution in [2.75, 3.05) is 0 Å². The van der Waals surface area contributed by atoms with Gasteiger partial charge in [0.15, 0.2) is 0 Å². The first-order valence-corrected chi connectivity index (χ1v) is 11.5. The SMILES string of the molecule is CC(=O)OC1CC2(C)OC2CCC2(C)OC2CC2(C)CCC(C(C)(C)OC(C)=O)C12. The van der Waals surface area contributed by atoms with E-state index in [2.05, 4.69) is 20.8 Å². The Hall–Kier alpha value is -1.14. The first-order valence-electron chi connectivity index (χ1n) is 11.5. The average Bonchev–Trinajstić information content (AvgIpc) is 3.35. The number of fused-ring (bicyclic) bond motifs is 3. The summed E-state index contributed by atoms with van der Waals surface area (Å²) in [4.78, 5) is 24.0. The van der Waals surface area contributed by atoms with Crippen LogP contribution in [-0.4, -0.2) is 47.1 Å². The molecule has 2 saturated carbocycles. The maximum Gasteiger partial charge on any atom is 0.303 e. The number of hydrogen-bond donors (Lipinski definition) is 0. The van der Waals surface area contributed by atoms with Crippen LogP contribution in [0.5, 0.6) is 0 Å². The molecule has 0 amide bonds. The summed E-state index contributed by atoms with van der Waals surface area (Å²) in [5, 5.41) is 0. The Morgan fingerprint density at radius 2 is 1.57 bits per heavy atom. The highest BCUT2D eigenvalue weighted by molar-refractivity contribution is 5.67. The van der Waals surface area contributed by atoms with Crippen molar-refractivity contribution in [2.24, 2.45) is 17.3 Å². The van der Waals surface area contributed by atoms with E-state index in [0.717, 1.165) is 32.1 Å². The molecule has 2 aliphatic carbocycles. The topological polar surface area (TPSA) is 77.7 Å². The quantitative estimate of drug-likeness (QED) is 0.501. The predicted octanol–water partition coefficient (Wildman–Crippen LogP) is 4.18. The van der Waals surface area contributed by atoms with Gasteiger partial charge < -0.3 is 18.9 Å². The van der Waals surface area contributed by atoms with Crippen molar-refractivity contribution in [1.29, 1.82) is 0 Å². The second kappa shape index (κ2) is 6.93. The van der Waals surface area contributed by atoms with E-state index in [1.54, 1.807) is 0 Å². The summed E-state index contributed by atoms with van der Waals surface area (Å²) in [5.74, 6) is -0.363. The minimum absolute atomic E-state index is 0.0598. The monoisotopic (exact) mass is 422 g/mol. The molecule has 2 saturated heterocycles. The number of carbonyl (C=O) groups excluding carboxylic acids is 2. The second-order valence-corrected chi connectivity index (χ2v) is 11.5. The third-order valence-electron chi connectivity index (χ3n) is 8.51. The largest absolute Gasteiger partial charge is 0.462 e. The molecule has 4 aliphatic rings. The molecule has 30 heavy (non-hydrogen) atoms. The molecule has 6 nitrogen and oxygen atoms in total. The van der Waals surface area contributed by atoms with Crippen LogP contribution in [0.2, 0.25) is 0 Å². The van der Waals surface area contributed by atoms with Gasteiger partial charge in [0.25, 0.3) is 0 Å². The van der Waals surface area contributed by atoms with Gasteiger partial charge in [-0.05, 0) is 65.2 Å². The Morgan fingerprint density at radius 3 is 2.20 bits per heavy atom. The Labute approximate surface area is 180 Å². The van der Waals surface area contributed by atoms with Gasteiger partial charge in [0.1, 0.15) is 11.7 Å². The number of epoxide rings is 2. The van der Waals surface area contributed by atoms with Crippen molar-refractivity contribution >= 4 is 11.9 Å². The van der Waals surface area contributed by atoms with Gasteiger partial charge in [0.2, 0.25) is 0 Å². The van der Waals surface area contributed by atoms with Crippen molar-refractivity contribution in [3.8, 4) is 0 Å². The predicted molar refractivity (Wildman–Crippen MR) is 111 cm³/mol. The first kappa shape index (κ1) is 22.1. The highest BCUT2D eigenvalue weighted by Crippen LogP contribution is 2.61. The van der Waals surface area contributed by atoms with Crippen LogP contribution >= 0.6 is 0 Å². The van der Waals surface area contributed by atoms with Crippen LogP contribution in [0.25, 0.3) is 0 Å². The fourth-order valence-corrected chi connectivity index (χ4v) is 6.79. The average molecular weight is 423 g/mol. The first-order chi connectivity index (χ1) is 13.8. The molecule has 0 aromatic rings. The molecule has 0 aromatic carbocycles. The Kier molecular flexibility index (Phi) is 5.10. The summed E-state index contributed by atoms with van der Waals surface area (Å²) in [7, 11) is 0.